The van der Waals surface area contributed by atoms with Gasteiger partial charge in [-0.2, -0.15) is 11.3 Å². The molecule has 1 aliphatic carbocycles. The maximum absolute atomic E-state index is 12.7. The highest BCUT2D eigenvalue weighted by atomic mass is 32.1. The molecule has 6 nitrogen and oxygen atoms in total. The minimum atomic E-state index is -0.521. The maximum Gasteiger partial charge on any atom is 0.407 e. The highest BCUT2D eigenvalue weighted by Gasteiger charge is 2.39. The number of alkyl carbamates (subject to hydrolysis) is 1. The summed E-state index contributed by atoms with van der Waals surface area (Å²) < 4.78 is 11.3. The molecule has 2 aromatic carbocycles. The Labute approximate surface area is 214 Å². The minimum absolute atomic E-state index is 0.0715. The summed E-state index contributed by atoms with van der Waals surface area (Å²) in [5.41, 5.74) is 4.33. The monoisotopic (exact) mass is 504 g/mol. The second-order valence-electron chi connectivity index (χ2n) is 10.7. The van der Waals surface area contributed by atoms with Crippen LogP contribution in [-0.4, -0.2) is 30.3 Å². The van der Waals surface area contributed by atoms with E-state index < -0.39 is 5.60 Å². The smallest absolute Gasteiger partial charge is 0.407 e. The molecule has 0 aliphatic heterocycles. The van der Waals surface area contributed by atoms with Crippen LogP contribution in [0.25, 0.3) is 32.8 Å². The average molecular weight is 505 g/mol. The maximum atomic E-state index is 12.7. The number of methoxy groups -OCH3 is 1. The molecule has 0 spiro atoms. The molecule has 0 unspecified atom stereocenters. The number of nitrogens with one attached hydrogen (secondary N) is 2. The summed E-state index contributed by atoms with van der Waals surface area (Å²) in [4.78, 5) is 28.0. The number of aromatic nitrogens is 1. The number of benzene rings is 2. The number of carbonyl (C=O) groups is 1. The number of hydrogen-bond donors (Lipinski definition) is 2. The summed E-state index contributed by atoms with van der Waals surface area (Å²) in [5, 5.41) is 9.55. The van der Waals surface area contributed by atoms with Gasteiger partial charge in [-0.3, -0.25) is 4.79 Å². The number of hydrogen-bond acceptors (Lipinski definition) is 5. The molecule has 2 aromatic heterocycles. The van der Waals surface area contributed by atoms with Crippen LogP contribution >= 0.6 is 11.3 Å². The number of ether oxygens (including phenoxy) is 2. The molecule has 0 radical (unpaired) electrons. The van der Waals surface area contributed by atoms with Gasteiger partial charge in [0.25, 0.3) is 5.56 Å². The van der Waals surface area contributed by atoms with Crippen LogP contribution in [0.2, 0.25) is 0 Å². The van der Waals surface area contributed by atoms with E-state index in [-0.39, 0.29) is 17.1 Å². The Morgan fingerprint density at radius 1 is 1.14 bits per heavy atom. The van der Waals surface area contributed by atoms with Crippen molar-refractivity contribution in [3.05, 3.63) is 62.6 Å². The predicted molar refractivity (Wildman–Crippen MR) is 146 cm³/mol. The van der Waals surface area contributed by atoms with Crippen molar-refractivity contribution in [3.8, 4) is 16.9 Å². The van der Waals surface area contributed by atoms with Gasteiger partial charge in [0.15, 0.2) is 0 Å². The fourth-order valence-corrected chi connectivity index (χ4v) is 6.05. The second kappa shape index (κ2) is 8.96. The molecule has 0 bridgehead atoms. The van der Waals surface area contributed by atoms with Gasteiger partial charge in [0.2, 0.25) is 0 Å². The molecule has 4 aromatic rings. The Hall–Kier alpha value is -3.32. The standard InChI is InChI=1S/C29H32N2O4S/c1-17-13-22(34-5)23(24-20-14-36-15-21(20)26(32)31-25(17)24)18-7-9-19(10-8-18)29(11-6-12-29)16-30-27(33)35-28(2,3)4/h7-10,13-15H,6,11-12,16H2,1-5H3,(H,30,33)(H,31,32). The highest BCUT2D eigenvalue weighted by molar-refractivity contribution is 7.09. The third-order valence-corrected chi connectivity index (χ3v) is 7.93. The Kier molecular flexibility index (Phi) is 6.07. The molecule has 0 saturated heterocycles. The number of carbonyl (C=O) groups excluding carboxylic acids is 1. The fourth-order valence-electron chi connectivity index (χ4n) is 5.23. The van der Waals surface area contributed by atoms with E-state index in [1.54, 1.807) is 7.11 Å². The summed E-state index contributed by atoms with van der Waals surface area (Å²) in [7, 11) is 1.68. The zero-order valence-electron chi connectivity index (χ0n) is 21.4. The Bertz CT molecular complexity index is 1510. The number of fused-ring (bicyclic) bond motifs is 3. The largest absolute Gasteiger partial charge is 0.496 e. The first kappa shape index (κ1) is 24.4. The molecule has 36 heavy (non-hydrogen) atoms. The lowest BCUT2D eigenvalue weighted by Crippen LogP contribution is -2.46. The predicted octanol–water partition coefficient (Wildman–Crippen LogP) is 6.67. The van der Waals surface area contributed by atoms with Crippen molar-refractivity contribution in [2.24, 2.45) is 0 Å². The second-order valence-corrected chi connectivity index (χ2v) is 11.5. The first-order valence-electron chi connectivity index (χ1n) is 12.3. The molecule has 1 fully saturated rings. The normalized spacial score (nSPS) is 15.0. The van der Waals surface area contributed by atoms with Gasteiger partial charge in [0.05, 0.1) is 18.0 Å². The van der Waals surface area contributed by atoms with E-state index in [0.29, 0.717) is 11.9 Å². The van der Waals surface area contributed by atoms with Crippen LogP contribution in [0.4, 0.5) is 4.79 Å². The lowest BCUT2D eigenvalue weighted by Gasteiger charge is -2.42. The summed E-state index contributed by atoms with van der Waals surface area (Å²) in [6.07, 6.45) is 2.80. The first-order chi connectivity index (χ1) is 17.1. The van der Waals surface area contributed by atoms with E-state index in [1.807, 2.05) is 44.5 Å². The Morgan fingerprint density at radius 3 is 2.44 bits per heavy atom. The molecule has 1 amide bonds. The number of H-pyrrole nitrogens is 1. The number of amides is 1. The first-order valence-corrected chi connectivity index (χ1v) is 13.2. The van der Waals surface area contributed by atoms with Gasteiger partial charge in [-0.25, -0.2) is 4.79 Å². The number of aromatic amines is 1. The zero-order chi connectivity index (χ0) is 25.7. The molecule has 2 N–H and O–H groups in total. The van der Waals surface area contributed by atoms with Crippen LogP contribution in [0.3, 0.4) is 0 Å². The molecule has 5 rings (SSSR count). The Morgan fingerprint density at radius 2 is 1.83 bits per heavy atom. The van der Waals surface area contributed by atoms with Crippen molar-refractivity contribution in [1.29, 1.82) is 0 Å². The van der Waals surface area contributed by atoms with Gasteiger partial charge in [0.1, 0.15) is 11.4 Å². The van der Waals surface area contributed by atoms with Crippen LogP contribution in [0.5, 0.6) is 5.75 Å². The third kappa shape index (κ3) is 4.26. The van der Waals surface area contributed by atoms with E-state index in [2.05, 4.69) is 34.6 Å². The van der Waals surface area contributed by atoms with Gasteiger partial charge >= 0.3 is 6.09 Å². The SMILES string of the molecule is COc1cc(C)c2[nH]c(=O)c3cscc3c2c1-c1ccc(C2(CNC(=O)OC(C)(C)C)CCC2)cc1. The zero-order valence-corrected chi connectivity index (χ0v) is 22.2. The molecule has 2 heterocycles. The minimum Gasteiger partial charge on any atom is -0.496 e. The molecule has 0 atom stereocenters. The van der Waals surface area contributed by atoms with Crippen molar-refractivity contribution in [1.82, 2.24) is 10.3 Å². The quantitative estimate of drug-likeness (QED) is 0.318. The molecule has 188 valence electrons. The summed E-state index contributed by atoms with van der Waals surface area (Å²) in [5.74, 6) is 0.775. The molecule has 1 aliphatic rings. The van der Waals surface area contributed by atoms with Crippen LogP contribution in [0, 0.1) is 6.92 Å². The van der Waals surface area contributed by atoms with E-state index in [4.69, 9.17) is 9.47 Å². The van der Waals surface area contributed by atoms with Crippen molar-refractivity contribution in [2.75, 3.05) is 13.7 Å². The van der Waals surface area contributed by atoms with E-state index in [9.17, 15) is 9.59 Å². The van der Waals surface area contributed by atoms with Crippen molar-refractivity contribution < 1.29 is 14.3 Å². The van der Waals surface area contributed by atoms with Gasteiger partial charge in [0, 0.05) is 33.7 Å². The number of pyridine rings is 1. The van der Waals surface area contributed by atoms with E-state index in [1.165, 1.54) is 16.9 Å². The lowest BCUT2D eigenvalue weighted by atomic mass is 9.64. The third-order valence-electron chi connectivity index (χ3n) is 7.19. The average Bonchev–Trinajstić information content (AvgIpc) is 3.29. The number of aryl methyl sites for hydroxylation is 1. The molecular weight excluding hydrogens is 472 g/mol. The van der Waals surface area contributed by atoms with Crippen LogP contribution in [0.15, 0.2) is 45.9 Å². The van der Waals surface area contributed by atoms with Gasteiger partial charge in [-0.15, -0.1) is 0 Å². The van der Waals surface area contributed by atoms with Crippen molar-refractivity contribution in [2.45, 2.75) is 58.0 Å². The van der Waals surface area contributed by atoms with Gasteiger partial charge in [-0.1, -0.05) is 30.7 Å². The van der Waals surface area contributed by atoms with Crippen LogP contribution < -0.4 is 15.6 Å². The van der Waals surface area contributed by atoms with E-state index >= 15 is 0 Å². The number of thiophene rings is 1. The molecular formula is C29H32N2O4S. The van der Waals surface area contributed by atoms with E-state index in [0.717, 1.165) is 58.0 Å². The van der Waals surface area contributed by atoms with Crippen molar-refractivity contribution >= 4 is 39.1 Å². The van der Waals surface area contributed by atoms with Crippen molar-refractivity contribution in [3.63, 3.8) is 0 Å². The number of rotatable bonds is 5. The summed E-state index contributed by atoms with van der Waals surface area (Å²) >= 11 is 1.53. The van der Waals surface area contributed by atoms with Crippen LogP contribution in [-0.2, 0) is 10.2 Å². The molecule has 1 saturated carbocycles. The summed E-state index contributed by atoms with van der Waals surface area (Å²) in [6, 6.07) is 10.6. The van der Waals surface area contributed by atoms with Gasteiger partial charge in [-0.05, 0) is 68.7 Å². The topological polar surface area (TPSA) is 80.4 Å². The summed E-state index contributed by atoms with van der Waals surface area (Å²) in [6.45, 7) is 8.14. The lowest BCUT2D eigenvalue weighted by molar-refractivity contribution is 0.0499. The molecule has 7 heteroatoms. The Balaban J connectivity index is 1.54. The van der Waals surface area contributed by atoms with Gasteiger partial charge < -0.3 is 19.8 Å². The fraction of sp³-hybridized carbons (Fsp3) is 0.379. The van der Waals surface area contributed by atoms with Crippen LogP contribution in [0.1, 0.15) is 51.2 Å². The highest BCUT2D eigenvalue weighted by Crippen LogP contribution is 2.45.